The lowest BCUT2D eigenvalue weighted by molar-refractivity contribution is -0.416. The molecule has 1 heterocycles. The van der Waals surface area contributed by atoms with Crippen molar-refractivity contribution in [2.45, 2.75) is 105 Å². The third-order valence-electron chi connectivity index (χ3n) is 9.24. The zero-order valence-corrected chi connectivity index (χ0v) is 31.7. The summed E-state index contributed by atoms with van der Waals surface area (Å²) < 4.78 is 36.5. The Morgan fingerprint density at radius 3 is 2.48 bits per heavy atom. The van der Waals surface area contributed by atoms with Crippen LogP contribution < -0.4 is 4.74 Å². The Hall–Kier alpha value is -2.79. The number of nitrogens with zero attached hydrogens (tertiary/aromatic N) is 2. The van der Waals surface area contributed by atoms with E-state index >= 15 is 0 Å². The second-order valence-corrected chi connectivity index (χ2v) is 17.2. The molecule has 5 N–H and O–H groups in total. The van der Waals surface area contributed by atoms with Crippen LogP contribution in [0.3, 0.4) is 0 Å². The Kier molecular flexibility index (Phi) is 13.0. The van der Waals surface area contributed by atoms with Gasteiger partial charge in [0.1, 0.15) is 5.75 Å². The highest BCUT2D eigenvalue weighted by Crippen LogP contribution is 2.53. The lowest BCUT2D eigenvalue weighted by Gasteiger charge is -2.43. The highest BCUT2D eigenvalue weighted by molar-refractivity contribution is 7.99. The predicted octanol–water partition coefficient (Wildman–Crippen LogP) is 4.72. The average Bonchev–Trinajstić information content (AvgIpc) is 4.05. The van der Waals surface area contributed by atoms with Crippen LogP contribution in [0.5, 0.6) is 5.75 Å². The Morgan fingerprint density at radius 2 is 1.81 bits per heavy atom. The number of para-hydroxylation sites is 1. The summed E-state index contributed by atoms with van der Waals surface area (Å²) in [5.41, 5.74) is 0.225. The summed E-state index contributed by atoms with van der Waals surface area (Å²) in [6.45, 7) is 1.77. The lowest BCUT2D eigenvalue weighted by Crippen LogP contribution is -2.71. The molecule has 0 saturated heterocycles. The molecule has 2 aliphatic rings. The van der Waals surface area contributed by atoms with Crippen molar-refractivity contribution in [1.82, 2.24) is 9.88 Å². The van der Waals surface area contributed by atoms with Gasteiger partial charge in [0.05, 0.1) is 18.3 Å². The first-order valence-corrected chi connectivity index (χ1v) is 20.7. The average molecular weight is 779 g/mol. The largest absolute Gasteiger partial charge is 0.490 e. The third-order valence-corrected chi connectivity index (χ3v) is 11.8. The minimum absolute atomic E-state index is 0.144. The molecule has 0 radical (unpaired) electrons. The fraction of sp³-hybridized carbons (Fsp3) is 0.514. The van der Waals surface area contributed by atoms with Gasteiger partial charge < -0.3 is 35.0 Å². The standard InChI is InChI=1S/C37H47ClN2O10S2/c1-3-4-5-11-33(41)40(37(45,46)36(43,44)34(42)52(2,47)48)20-8-21-51-27-14-15-31(38)25(22-27)24-49-35(17-18-35)30-23-39-19-16-28(30)29-9-6-7-10-32(29)50-26-12-13-26/h6-7,9-10,14-16,19,22-23,26,34,42-46H,3-5,8,11-13,17-18,20-21,24H2,1-2H3. The molecule has 2 aromatic carbocycles. The minimum atomic E-state index is -4.57. The minimum Gasteiger partial charge on any atom is -0.490 e. The van der Waals surface area contributed by atoms with E-state index in [-0.39, 0.29) is 32.1 Å². The smallest absolute Gasteiger partial charge is 0.309 e. The van der Waals surface area contributed by atoms with Crippen LogP contribution in [0.15, 0.2) is 65.8 Å². The van der Waals surface area contributed by atoms with Gasteiger partial charge in [0.15, 0.2) is 9.84 Å². The highest BCUT2D eigenvalue weighted by atomic mass is 35.5. The van der Waals surface area contributed by atoms with Crippen molar-refractivity contribution in [3.05, 3.63) is 77.1 Å². The number of unbranched alkanes of at least 4 members (excludes halogenated alkanes) is 2. The molecule has 0 aliphatic heterocycles. The molecule has 1 atom stereocenters. The number of pyridine rings is 1. The number of sulfone groups is 1. The number of ether oxygens (including phenoxy) is 2. The van der Waals surface area contributed by atoms with Gasteiger partial charge >= 0.3 is 5.91 Å². The number of thioether (sulfide) groups is 1. The molecule has 12 nitrogen and oxygen atoms in total. The van der Waals surface area contributed by atoms with Crippen LogP contribution in [0, 0.1) is 0 Å². The molecule has 2 fully saturated rings. The second-order valence-electron chi connectivity index (χ2n) is 13.5. The molecular weight excluding hydrogens is 732 g/mol. The van der Waals surface area contributed by atoms with Gasteiger partial charge in [0.25, 0.3) is 5.79 Å². The monoisotopic (exact) mass is 778 g/mol. The lowest BCUT2D eigenvalue weighted by atomic mass is 9.96. The van der Waals surface area contributed by atoms with Gasteiger partial charge in [-0.15, -0.1) is 11.8 Å². The van der Waals surface area contributed by atoms with Crippen molar-refractivity contribution >= 4 is 39.1 Å². The third kappa shape index (κ3) is 9.46. The predicted molar refractivity (Wildman–Crippen MR) is 197 cm³/mol. The first kappa shape index (κ1) is 40.4. The molecule has 3 aromatic rings. The summed E-state index contributed by atoms with van der Waals surface area (Å²) in [5.74, 6) is -7.46. The van der Waals surface area contributed by atoms with Crippen molar-refractivity contribution in [2.75, 3.05) is 18.6 Å². The van der Waals surface area contributed by atoms with Gasteiger partial charge in [-0.2, -0.15) is 0 Å². The van der Waals surface area contributed by atoms with E-state index in [4.69, 9.17) is 21.1 Å². The quantitative estimate of drug-likeness (QED) is 0.0605. The maximum Gasteiger partial charge on any atom is 0.309 e. The van der Waals surface area contributed by atoms with E-state index in [1.807, 2.05) is 49.5 Å². The van der Waals surface area contributed by atoms with Gasteiger partial charge in [0.2, 0.25) is 11.3 Å². The summed E-state index contributed by atoms with van der Waals surface area (Å²) in [5, 5.41) is 53.0. The molecule has 1 amide bonds. The maximum absolute atomic E-state index is 13.1. The molecule has 2 aliphatic carbocycles. The van der Waals surface area contributed by atoms with Crippen LogP contribution in [0.4, 0.5) is 0 Å². The number of aliphatic hydroxyl groups excluding tert-OH is 1. The Balaban J connectivity index is 1.24. The Labute approximate surface area is 313 Å². The highest BCUT2D eigenvalue weighted by Gasteiger charge is 2.61. The second kappa shape index (κ2) is 16.7. The molecule has 2 saturated carbocycles. The number of carbonyl (C=O) groups is 1. The van der Waals surface area contributed by atoms with E-state index in [0.29, 0.717) is 34.8 Å². The van der Waals surface area contributed by atoms with E-state index < -0.39 is 38.5 Å². The molecular formula is C37H47ClN2O10S2. The number of amides is 1. The summed E-state index contributed by atoms with van der Waals surface area (Å²) in [6.07, 6.45) is 9.92. The van der Waals surface area contributed by atoms with Crippen LogP contribution in [0.25, 0.3) is 11.1 Å². The maximum atomic E-state index is 13.1. The molecule has 0 spiro atoms. The molecule has 52 heavy (non-hydrogen) atoms. The van der Waals surface area contributed by atoms with Crippen molar-refractivity contribution < 1.29 is 48.2 Å². The first-order valence-electron chi connectivity index (χ1n) is 17.4. The zero-order chi connectivity index (χ0) is 37.7. The number of aromatic nitrogens is 1. The van der Waals surface area contributed by atoms with Crippen LogP contribution in [-0.4, -0.2) is 91.5 Å². The number of rotatable bonds is 20. The van der Waals surface area contributed by atoms with Crippen molar-refractivity contribution in [2.24, 2.45) is 0 Å². The van der Waals surface area contributed by atoms with E-state index in [1.165, 1.54) is 11.8 Å². The van der Waals surface area contributed by atoms with Gasteiger partial charge in [-0.1, -0.05) is 49.6 Å². The van der Waals surface area contributed by atoms with E-state index in [0.717, 1.165) is 65.0 Å². The SMILES string of the molecule is CCCCCC(=O)N(CCCSc1ccc(Cl)c(COC2(c3cnccc3-c3ccccc3OC3CC3)CC2)c1)C(O)(O)C(O)(O)C(O)S(C)(=O)=O. The van der Waals surface area contributed by atoms with E-state index in [2.05, 4.69) is 11.1 Å². The Bertz CT molecular complexity index is 1820. The van der Waals surface area contributed by atoms with Crippen molar-refractivity contribution in [1.29, 1.82) is 0 Å². The molecule has 284 valence electrons. The molecule has 5 rings (SSSR count). The van der Waals surface area contributed by atoms with Gasteiger partial charge in [-0.05, 0) is 85.7 Å². The van der Waals surface area contributed by atoms with Crippen LogP contribution in [0.1, 0.15) is 75.8 Å². The van der Waals surface area contributed by atoms with Gasteiger partial charge in [-0.25, -0.2) is 8.42 Å². The normalized spacial score (nSPS) is 16.4. The number of aliphatic hydroxyl groups is 5. The Morgan fingerprint density at radius 1 is 1.08 bits per heavy atom. The summed E-state index contributed by atoms with van der Waals surface area (Å²) in [4.78, 5) is 18.7. The van der Waals surface area contributed by atoms with E-state index in [1.54, 1.807) is 12.3 Å². The van der Waals surface area contributed by atoms with Gasteiger partial charge in [0, 0.05) is 52.7 Å². The van der Waals surface area contributed by atoms with Crippen molar-refractivity contribution in [3.8, 4) is 16.9 Å². The molecule has 1 aromatic heterocycles. The van der Waals surface area contributed by atoms with Crippen LogP contribution in [-0.2, 0) is 31.6 Å². The fourth-order valence-electron chi connectivity index (χ4n) is 5.91. The van der Waals surface area contributed by atoms with E-state index in [9.17, 15) is 38.7 Å². The van der Waals surface area contributed by atoms with Crippen LogP contribution >= 0.6 is 23.4 Å². The first-order chi connectivity index (χ1) is 24.6. The summed E-state index contributed by atoms with van der Waals surface area (Å²) >= 11 is 8.00. The number of halogens is 1. The fourth-order valence-corrected chi connectivity index (χ4v) is 7.74. The van der Waals surface area contributed by atoms with Crippen molar-refractivity contribution in [3.63, 3.8) is 0 Å². The number of hydrogen-bond donors (Lipinski definition) is 5. The topological polar surface area (TPSA) is 187 Å². The summed E-state index contributed by atoms with van der Waals surface area (Å²) in [7, 11) is -4.57. The zero-order valence-electron chi connectivity index (χ0n) is 29.3. The molecule has 0 bridgehead atoms. The molecule has 1 unspecified atom stereocenters. The number of benzene rings is 2. The van der Waals surface area contributed by atoms with Gasteiger partial charge in [-0.3, -0.25) is 14.7 Å². The summed E-state index contributed by atoms with van der Waals surface area (Å²) in [6, 6.07) is 15.5. The number of carbonyl (C=O) groups excluding carboxylic acids is 1. The number of hydrogen-bond acceptors (Lipinski definition) is 12. The van der Waals surface area contributed by atoms with Crippen LogP contribution in [0.2, 0.25) is 5.02 Å². The molecule has 15 heteroatoms.